The molecule has 0 radical (unpaired) electrons. The van der Waals surface area contributed by atoms with Crippen molar-refractivity contribution < 1.29 is 35.5 Å². The Bertz CT molecular complexity index is 1090. The van der Waals surface area contributed by atoms with E-state index in [1.165, 1.54) is 29.0 Å². The van der Waals surface area contributed by atoms with Gasteiger partial charge in [-0.05, 0) is 66.8 Å². The van der Waals surface area contributed by atoms with Crippen LogP contribution in [0.1, 0.15) is 46.7 Å². The summed E-state index contributed by atoms with van der Waals surface area (Å²) in [5, 5.41) is 3.18. The van der Waals surface area contributed by atoms with Gasteiger partial charge in [-0.2, -0.15) is 26.3 Å². The molecule has 190 valence electrons. The molecule has 0 spiro atoms. The molecule has 1 N–H and O–H groups in total. The van der Waals surface area contributed by atoms with Gasteiger partial charge in [-0.1, -0.05) is 6.07 Å². The summed E-state index contributed by atoms with van der Waals surface area (Å²) in [5.41, 5.74) is -2.93. The van der Waals surface area contributed by atoms with Gasteiger partial charge in [0.1, 0.15) is 5.82 Å². The largest absolute Gasteiger partial charge is 0.416 e. The molecule has 4 nitrogen and oxygen atoms in total. The number of nitrogens with one attached hydrogen (secondary N) is 1. The number of alkyl halides is 6. The number of amides is 2. The second-order valence-corrected chi connectivity index (χ2v) is 9.08. The molecule has 1 atom stereocenters. The highest BCUT2D eigenvalue weighted by Gasteiger charge is 2.53. The third kappa shape index (κ3) is 4.82. The molecule has 35 heavy (non-hydrogen) atoms. The van der Waals surface area contributed by atoms with E-state index in [0.29, 0.717) is 36.3 Å². The van der Waals surface area contributed by atoms with E-state index in [4.69, 9.17) is 0 Å². The van der Waals surface area contributed by atoms with Crippen molar-refractivity contribution in [1.29, 1.82) is 0 Å². The number of benzene rings is 2. The first kappa shape index (κ1) is 25.3. The molecule has 1 heterocycles. The second-order valence-electron chi connectivity index (χ2n) is 9.08. The summed E-state index contributed by atoms with van der Waals surface area (Å²) in [6, 6.07) is 4.72. The lowest BCUT2D eigenvalue weighted by atomic mass is 9.96. The van der Waals surface area contributed by atoms with Crippen molar-refractivity contribution in [2.24, 2.45) is 0 Å². The van der Waals surface area contributed by atoms with Gasteiger partial charge in [-0.25, -0.2) is 9.18 Å². The lowest BCUT2D eigenvalue weighted by Crippen LogP contribution is -2.54. The molecule has 1 aliphatic heterocycles. The molecule has 1 saturated carbocycles. The molecule has 11 heteroatoms. The Balaban J connectivity index is 1.69. The Morgan fingerprint density at radius 1 is 1.03 bits per heavy atom. The molecule has 2 aromatic carbocycles. The Hall–Kier alpha value is -2.82. The monoisotopic (exact) mass is 503 g/mol. The van der Waals surface area contributed by atoms with Crippen molar-refractivity contribution in [2.75, 3.05) is 26.7 Å². The minimum atomic E-state index is -4.97. The van der Waals surface area contributed by atoms with Gasteiger partial charge in [-0.15, -0.1) is 0 Å². The fourth-order valence-corrected chi connectivity index (χ4v) is 4.76. The summed E-state index contributed by atoms with van der Waals surface area (Å²) in [4.78, 5) is 16.4. The molecule has 2 aliphatic rings. The number of halogens is 7. The molecule has 0 aromatic heterocycles. The fraction of sp³-hybridized carbons (Fsp3) is 0.458. The van der Waals surface area contributed by atoms with Gasteiger partial charge >= 0.3 is 18.4 Å². The number of carbonyl (C=O) groups excluding carboxylic acids is 1. The van der Waals surface area contributed by atoms with Crippen molar-refractivity contribution in [3.8, 4) is 0 Å². The first-order chi connectivity index (χ1) is 16.2. The highest BCUT2D eigenvalue weighted by molar-refractivity contribution is 5.77. The lowest BCUT2D eigenvalue weighted by molar-refractivity contribution is -0.143. The molecular formula is C24H24F7N3O. The van der Waals surface area contributed by atoms with E-state index >= 15 is 0 Å². The minimum Gasteiger partial charge on any atom is -0.318 e. The van der Waals surface area contributed by atoms with Crippen molar-refractivity contribution >= 4 is 6.03 Å². The van der Waals surface area contributed by atoms with Gasteiger partial charge in [0.15, 0.2) is 0 Å². The van der Waals surface area contributed by atoms with Crippen LogP contribution in [0.5, 0.6) is 0 Å². The van der Waals surface area contributed by atoms with Crippen LogP contribution < -0.4 is 5.32 Å². The van der Waals surface area contributed by atoms with Crippen molar-refractivity contribution in [3.05, 3.63) is 70.0 Å². The van der Waals surface area contributed by atoms with Crippen molar-refractivity contribution in [3.63, 3.8) is 0 Å². The van der Waals surface area contributed by atoms with Crippen molar-refractivity contribution in [1.82, 2.24) is 15.1 Å². The van der Waals surface area contributed by atoms with Crippen LogP contribution in [0.25, 0.3) is 0 Å². The second kappa shape index (κ2) is 8.69. The number of urea groups is 1. The molecule has 1 aliphatic carbocycles. The van der Waals surface area contributed by atoms with E-state index in [9.17, 15) is 35.5 Å². The van der Waals surface area contributed by atoms with Gasteiger partial charge in [0.05, 0.1) is 22.7 Å². The molecule has 2 fully saturated rings. The number of carbonyl (C=O) groups is 1. The molecule has 1 saturated heterocycles. The zero-order chi connectivity index (χ0) is 25.8. The van der Waals surface area contributed by atoms with Crippen LogP contribution in [0.3, 0.4) is 0 Å². The first-order valence-corrected chi connectivity index (χ1v) is 11.1. The van der Waals surface area contributed by atoms with Gasteiger partial charge in [0.25, 0.3) is 0 Å². The highest BCUT2D eigenvalue weighted by atomic mass is 19.4. The van der Waals surface area contributed by atoms with Crippen LogP contribution in [0, 0.1) is 12.7 Å². The quantitative estimate of drug-likeness (QED) is 0.533. The predicted molar refractivity (Wildman–Crippen MR) is 114 cm³/mol. The van der Waals surface area contributed by atoms with Crippen LogP contribution in [-0.2, 0) is 17.9 Å². The van der Waals surface area contributed by atoms with Crippen LogP contribution in [0.15, 0.2) is 36.4 Å². The summed E-state index contributed by atoms with van der Waals surface area (Å²) in [6.07, 6.45) is -9.48. The lowest BCUT2D eigenvalue weighted by Gasteiger charge is -2.41. The third-order valence-corrected chi connectivity index (χ3v) is 6.86. The van der Waals surface area contributed by atoms with E-state index in [1.807, 2.05) is 0 Å². The normalized spacial score (nSPS) is 20.0. The maximum absolute atomic E-state index is 13.6. The predicted octanol–water partition coefficient (Wildman–Crippen LogP) is 5.86. The molecule has 2 amide bonds. The zero-order valence-corrected chi connectivity index (χ0v) is 19.0. The Morgan fingerprint density at radius 2 is 1.63 bits per heavy atom. The van der Waals surface area contributed by atoms with Gasteiger partial charge in [-0.3, -0.25) is 0 Å². The SMILES string of the molecule is Cc1cc(F)ccc1[C@@H]1CNCCN1C(=O)N(C)C1(c2cc(C(F)(F)F)cc(C(F)(F)F)c2)CC1. The number of nitrogens with zero attached hydrogens (tertiary/aromatic N) is 2. The van der Waals surface area contributed by atoms with E-state index in [2.05, 4.69) is 5.32 Å². The minimum absolute atomic E-state index is 0.0883. The number of hydrogen-bond donors (Lipinski definition) is 1. The molecule has 0 unspecified atom stereocenters. The van der Waals surface area contributed by atoms with Gasteiger partial charge in [0.2, 0.25) is 0 Å². The Labute approximate surface area is 197 Å². The molecular weight excluding hydrogens is 479 g/mol. The average molecular weight is 503 g/mol. The third-order valence-electron chi connectivity index (χ3n) is 6.86. The average Bonchev–Trinajstić information content (AvgIpc) is 3.59. The summed E-state index contributed by atoms with van der Waals surface area (Å²) in [7, 11) is 1.40. The Kier molecular flexibility index (Phi) is 6.27. The summed E-state index contributed by atoms with van der Waals surface area (Å²) < 4.78 is 94.1. The summed E-state index contributed by atoms with van der Waals surface area (Å²) >= 11 is 0. The van der Waals surface area contributed by atoms with Gasteiger partial charge in [0, 0.05) is 26.7 Å². The number of aryl methyl sites for hydroxylation is 1. The smallest absolute Gasteiger partial charge is 0.318 e. The molecule has 2 aromatic rings. The fourth-order valence-electron chi connectivity index (χ4n) is 4.76. The first-order valence-electron chi connectivity index (χ1n) is 11.1. The molecule has 4 rings (SSSR count). The summed E-state index contributed by atoms with van der Waals surface area (Å²) in [6.45, 7) is 2.83. The number of hydrogen-bond acceptors (Lipinski definition) is 2. The highest BCUT2D eigenvalue weighted by Crippen LogP contribution is 2.53. The van der Waals surface area contributed by atoms with Gasteiger partial charge < -0.3 is 15.1 Å². The topological polar surface area (TPSA) is 35.6 Å². The Morgan fingerprint density at radius 3 is 2.14 bits per heavy atom. The van der Waals surface area contributed by atoms with Crippen molar-refractivity contribution in [2.45, 2.75) is 43.7 Å². The van der Waals surface area contributed by atoms with E-state index in [1.54, 1.807) is 13.0 Å². The van der Waals surface area contributed by atoms with Crippen LogP contribution in [-0.4, -0.2) is 42.5 Å². The van der Waals surface area contributed by atoms with Crippen LogP contribution in [0.2, 0.25) is 0 Å². The zero-order valence-electron chi connectivity index (χ0n) is 19.0. The number of rotatable bonds is 3. The van der Waals surface area contributed by atoms with E-state index in [-0.39, 0.29) is 31.0 Å². The number of piperazine rings is 1. The maximum atomic E-state index is 13.6. The molecule has 0 bridgehead atoms. The standard InChI is InChI=1S/C24H24F7N3O/c1-14-9-18(25)3-4-19(14)20-13-32-7-8-34(20)21(35)33(2)22(5-6-22)15-10-16(23(26,27)28)12-17(11-15)24(29,30)31/h3-4,9-12,20,32H,5-8,13H2,1-2H3/t20-/m0/s1. The van der Waals surface area contributed by atoms with E-state index < -0.39 is 46.9 Å². The summed E-state index contributed by atoms with van der Waals surface area (Å²) in [5.74, 6) is -0.424. The van der Waals surface area contributed by atoms with Crippen LogP contribution in [0.4, 0.5) is 35.5 Å². The van der Waals surface area contributed by atoms with Crippen LogP contribution >= 0.6 is 0 Å². The van der Waals surface area contributed by atoms with E-state index in [0.717, 1.165) is 0 Å². The maximum Gasteiger partial charge on any atom is 0.416 e.